The maximum absolute atomic E-state index is 13.6. The van der Waals surface area contributed by atoms with E-state index in [1.807, 2.05) is 105 Å². The smallest absolute Gasteiger partial charge is 0.408 e. The van der Waals surface area contributed by atoms with Gasteiger partial charge < -0.3 is 62.2 Å². The highest BCUT2D eigenvalue weighted by atomic mass is 16.8. The molecule has 0 aromatic heterocycles. The minimum absolute atomic E-state index is 0.0342. The molecule has 0 bridgehead atoms. The van der Waals surface area contributed by atoms with Crippen molar-refractivity contribution in [2.45, 2.75) is 133 Å². The first-order valence-corrected chi connectivity index (χ1v) is 23.2. The minimum Gasteiger partial charge on any atom is -0.467 e. The van der Waals surface area contributed by atoms with E-state index >= 15 is 0 Å². The summed E-state index contributed by atoms with van der Waals surface area (Å²) in [6, 6.07) is 35.8. The maximum atomic E-state index is 13.6. The van der Waals surface area contributed by atoms with E-state index in [-0.39, 0.29) is 25.4 Å². The van der Waals surface area contributed by atoms with E-state index in [0.29, 0.717) is 6.42 Å². The van der Waals surface area contributed by atoms with Crippen LogP contribution < -0.4 is 5.32 Å². The van der Waals surface area contributed by atoms with Crippen molar-refractivity contribution < 1.29 is 76.0 Å². The third kappa shape index (κ3) is 11.6. The summed E-state index contributed by atoms with van der Waals surface area (Å²) < 4.78 is 75.5. The van der Waals surface area contributed by atoms with Crippen LogP contribution in [0, 0.1) is 5.92 Å². The summed E-state index contributed by atoms with van der Waals surface area (Å²) in [4.78, 5) is 54.1. The lowest BCUT2D eigenvalue weighted by molar-refractivity contribution is -0.352. The van der Waals surface area contributed by atoms with Crippen molar-refractivity contribution in [1.82, 2.24) is 5.32 Å². The van der Waals surface area contributed by atoms with Gasteiger partial charge in [-0.15, -0.1) is 0 Å². The fourth-order valence-electron chi connectivity index (χ4n) is 9.18. The van der Waals surface area contributed by atoms with Crippen molar-refractivity contribution in [3.63, 3.8) is 0 Å². The van der Waals surface area contributed by atoms with Crippen LogP contribution in [0.2, 0.25) is 0 Å². The molecule has 4 aliphatic heterocycles. The van der Waals surface area contributed by atoms with E-state index in [0.717, 1.165) is 16.7 Å². The molecule has 4 aromatic rings. The SMILES string of the molecule is CCC1O[C@@H](O[C@H]2C(C(=O)OC)O[C@H](C)C(OC(=O)c3ccccc3)[C@@H]2OCc2ccccc2)C2NC(=O)OC2[C@@H]1O[C@@H]1OC(C(=O)OC)[C@@H](C)[C@@H](OCc2ccccc2)C1OCc1ccccc1. The molecular weight excluding hydrogens is 895 g/mol. The summed E-state index contributed by atoms with van der Waals surface area (Å²) in [5.74, 6) is -2.64. The summed E-state index contributed by atoms with van der Waals surface area (Å²) in [5, 5.41) is 2.81. The van der Waals surface area contributed by atoms with Crippen LogP contribution in [-0.2, 0) is 86.3 Å². The van der Waals surface area contributed by atoms with Crippen molar-refractivity contribution in [1.29, 1.82) is 0 Å². The molecule has 4 fully saturated rings. The van der Waals surface area contributed by atoms with Crippen LogP contribution in [0.25, 0.3) is 0 Å². The van der Waals surface area contributed by atoms with Gasteiger partial charge in [0, 0.05) is 5.92 Å². The lowest BCUT2D eigenvalue weighted by atomic mass is 9.89. The Morgan fingerprint density at radius 1 is 0.565 bits per heavy atom. The molecule has 1 amide bonds. The minimum atomic E-state index is -1.41. The monoisotopic (exact) mass is 953 g/mol. The molecule has 4 heterocycles. The van der Waals surface area contributed by atoms with Gasteiger partial charge in [0.2, 0.25) is 0 Å². The second-order valence-electron chi connectivity index (χ2n) is 17.3. The van der Waals surface area contributed by atoms with Crippen LogP contribution in [0.3, 0.4) is 0 Å². The second-order valence-corrected chi connectivity index (χ2v) is 17.3. The fraction of sp³-hybridized carbons (Fsp3) is 0.462. The van der Waals surface area contributed by atoms with Gasteiger partial charge in [0.15, 0.2) is 37.0 Å². The third-order valence-corrected chi connectivity index (χ3v) is 12.8. The molecular formula is C52H59NO16. The van der Waals surface area contributed by atoms with Gasteiger partial charge in [-0.1, -0.05) is 123 Å². The molecule has 4 saturated heterocycles. The van der Waals surface area contributed by atoms with Crippen molar-refractivity contribution in [2.75, 3.05) is 14.2 Å². The highest BCUT2D eigenvalue weighted by Gasteiger charge is 2.59. The highest BCUT2D eigenvalue weighted by Crippen LogP contribution is 2.40. The molecule has 4 aliphatic rings. The number of carbonyl (C=O) groups is 4. The number of esters is 3. The average molecular weight is 954 g/mol. The number of nitrogens with one attached hydrogen (secondary N) is 1. The summed E-state index contributed by atoms with van der Waals surface area (Å²) in [6.07, 6.45) is -14.8. The van der Waals surface area contributed by atoms with Crippen LogP contribution in [0.15, 0.2) is 121 Å². The predicted molar refractivity (Wildman–Crippen MR) is 243 cm³/mol. The Labute approximate surface area is 400 Å². The third-order valence-electron chi connectivity index (χ3n) is 12.8. The van der Waals surface area contributed by atoms with Crippen molar-refractivity contribution in [2.24, 2.45) is 5.92 Å². The zero-order chi connectivity index (χ0) is 48.4. The molecule has 0 saturated carbocycles. The second kappa shape index (κ2) is 23.2. The van der Waals surface area contributed by atoms with E-state index < -0.39 is 116 Å². The van der Waals surface area contributed by atoms with Gasteiger partial charge in [-0.3, -0.25) is 0 Å². The topological polar surface area (TPSA) is 191 Å². The maximum Gasteiger partial charge on any atom is 0.408 e. The van der Waals surface area contributed by atoms with Crippen LogP contribution in [0.5, 0.6) is 0 Å². The number of hydrogen-bond acceptors (Lipinski definition) is 16. The standard InChI is InChI=1S/C52H59NO16/c1-6-36-41(67-51-46(62-29-34-23-15-9-16-24-34)38(30(2)39(66-51)48(55)58-4)60-27-32-19-11-7-12-20-32)42-37(53-52(57)69-42)50(64-36)68-44-43(61-28-33-21-13-8-14-22-33)40(31(3)63-45(44)49(56)59-5)65-47(54)35-25-17-10-18-26-35/h7-26,30-31,36-46,50-51H,6,27-29H2,1-5H3,(H,53,57)/t30-,31+,36?,37?,38+,39?,40?,41+,42?,43-,44+,45?,46?,50-,51-/m0/s1. The molecule has 368 valence electrons. The first-order valence-electron chi connectivity index (χ1n) is 23.2. The van der Waals surface area contributed by atoms with Gasteiger partial charge >= 0.3 is 24.0 Å². The molecule has 0 aliphatic carbocycles. The quantitative estimate of drug-likeness (QED) is 0.0923. The number of hydrogen-bond donors (Lipinski definition) is 1. The van der Waals surface area contributed by atoms with E-state index in [9.17, 15) is 19.2 Å². The molecule has 0 spiro atoms. The van der Waals surface area contributed by atoms with Gasteiger partial charge in [-0.25, -0.2) is 19.2 Å². The Bertz CT molecular complexity index is 2290. The summed E-state index contributed by atoms with van der Waals surface area (Å²) in [7, 11) is 2.49. The molecule has 17 nitrogen and oxygen atoms in total. The Morgan fingerprint density at radius 3 is 1.62 bits per heavy atom. The number of benzene rings is 4. The van der Waals surface area contributed by atoms with E-state index in [4.69, 9.17) is 56.8 Å². The predicted octanol–water partition coefficient (Wildman–Crippen LogP) is 5.84. The van der Waals surface area contributed by atoms with Crippen LogP contribution >= 0.6 is 0 Å². The van der Waals surface area contributed by atoms with Gasteiger partial charge in [0.25, 0.3) is 0 Å². The molecule has 4 aromatic carbocycles. The lowest BCUT2D eigenvalue weighted by Crippen LogP contribution is -2.67. The van der Waals surface area contributed by atoms with Crippen molar-refractivity contribution in [3.05, 3.63) is 144 Å². The zero-order valence-electron chi connectivity index (χ0n) is 39.1. The molecule has 8 rings (SSSR count). The van der Waals surface area contributed by atoms with Crippen LogP contribution in [-0.4, -0.2) is 124 Å². The number of rotatable bonds is 18. The molecule has 0 radical (unpaired) electrons. The summed E-state index contributed by atoms with van der Waals surface area (Å²) >= 11 is 0. The average Bonchev–Trinajstić information content (AvgIpc) is 3.79. The number of amides is 1. The first kappa shape index (κ1) is 49.7. The Hall–Kier alpha value is -5.76. The van der Waals surface area contributed by atoms with Crippen LogP contribution in [0.1, 0.15) is 54.2 Å². The molecule has 7 unspecified atom stereocenters. The Balaban J connectivity index is 1.10. The molecule has 69 heavy (non-hydrogen) atoms. The van der Waals surface area contributed by atoms with Gasteiger partial charge in [0.1, 0.15) is 30.5 Å². The Kier molecular flexibility index (Phi) is 16.7. The molecule has 1 N–H and O–H groups in total. The summed E-state index contributed by atoms with van der Waals surface area (Å²) in [6.45, 7) is 5.71. The number of ether oxygens (including phenoxy) is 12. The number of methoxy groups -OCH3 is 2. The van der Waals surface area contributed by atoms with Crippen molar-refractivity contribution >= 4 is 24.0 Å². The highest BCUT2D eigenvalue weighted by molar-refractivity contribution is 5.89. The van der Waals surface area contributed by atoms with E-state index in [2.05, 4.69) is 5.32 Å². The van der Waals surface area contributed by atoms with E-state index in [1.54, 1.807) is 37.3 Å². The Morgan fingerprint density at radius 2 is 1.07 bits per heavy atom. The molecule has 15 atom stereocenters. The summed E-state index contributed by atoms with van der Waals surface area (Å²) in [5.41, 5.74) is 2.85. The van der Waals surface area contributed by atoms with Gasteiger partial charge in [-0.2, -0.15) is 0 Å². The zero-order valence-corrected chi connectivity index (χ0v) is 39.1. The first-order chi connectivity index (χ1) is 33.6. The lowest BCUT2D eigenvalue weighted by Gasteiger charge is -2.49. The largest absolute Gasteiger partial charge is 0.467 e. The normalized spacial score (nSPS) is 31.9. The van der Waals surface area contributed by atoms with Crippen LogP contribution in [0.4, 0.5) is 4.79 Å². The molecule has 17 heteroatoms. The number of carbonyl (C=O) groups excluding carboxylic acids is 4. The van der Waals surface area contributed by atoms with E-state index in [1.165, 1.54) is 14.2 Å². The fourth-order valence-corrected chi connectivity index (χ4v) is 9.18. The number of fused-ring (bicyclic) bond motifs is 1. The number of alkyl carbamates (subject to hydrolysis) is 1. The van der Waals surface area contributed by atoms with Gasteiger partial charge in [0.05, 0.1) is 57.9 Å². The van der Waals surface area contributed by atoms with Gasteiger partial charge in [-0.05, 0) is 42.2 Å². The van der Waals surface area contributed by atoms with Crippen molar-refractivity contribution in [3.8, 4) is 0 Å².